The van der Waals surface area contributed by atoms with Crippen LogP contribution in [0.3, 0.4) is 0 Å². The standard InChI is InChI=1S/C18H22F3N3O2/c1-12-10-13(12)17(26)24-8-6-23(7-9-24)11-16(25)22-15-5-3-2-4-14(15)18(19,20)21/h2-5,12-13H,6-11H2,1H3,(H,22,25)/p+1/t12-,13-/m0/s1. The Bertz CT molecular complexity index is 685. The van der Waals surface area contributed by atoms with Crippen molar-refractivity contribution in [2.75, 3.05) is 38.0 Å². The Hall–Kier alpha value is -2.09. The second kappa shape index (κ2) is 7.26. The second-order valence-corrected chi connectivity index (χ2v) is 7.16. The first-order valence-electron chi connectivity index (χ1n) is 8.84. The highest BCUT2D eigenvalue weighted by Gasteiger charge is 2.42. The number of anilines is 1. The summed E-state index contributed by atoms with van der Waals surface area (Å²) in [7, 11) is 0. The second-order valence-electron chi connectivity index (χ2n) is 7.16. The zero-order chi connectivity index (χ0) is 18.9. The highest BCUT2D eigenvalue weighted by molar-refractivity contribution is 5.92. The summed E-state index contributed by atoms with van der Waals surface area (Å²) in [6, 6.07) is 4.96. The van der Waals surface area contributed by atoms with E-state index in [0.29, 0.717) is 32.1 Å². The molecule has 8 heteroatoms. The fourth-order valence-corrected chi connectivity index (χ4v) is 3.38. The van der Waals surface area contributed by atoms with Gasteiger partial charge >= 0.3 is 6.18 Å². The molecule has 0 spiro atoms. The number of hydrogen-bond acceptors (Lipinski definition) is 2. The van der Waals surface area contributed by atoms with Gasteiger partial charge in [-0.15, -0.1) is 0 Å². The van der Waals surface area contributed by atoms with Crippen molar-refractivity contribution in [2.24, 2.45) is 11.8 Å². The van der Waals surface area contributed by atoms with Crippen LogP contribution in [0.1, 0.15) is 18.9 Å². The van der Waals surface area contributed by atoms with Crippen molar-refractivity contribution in [1.82, 2.24) is 4.90 Å². The first-order chi connectivity index (χ1) is 12.3. The fraction of sp³-hybridized carbons (Fsp3) is 0.556. The monoisotopic (exact) mass is 370 g/mol. The number of hydrogen-bond donors (Lipinski definition) is 2. The van der Waals surface area contributed by atoms with Gasteiger partial charge in [0.2, 0.25) is 5.91 Å². The van der Waals surface area contributed by atoms with Gasteiger partial charge in [-0.2, -0.15) is 13.2 Å². The van der Waals surface area contributed by atoms with Gasteiger partial charge in [0.05, 0.1) is 37.4 Å². The van der Waals surface area contributed by atoms with Crippen LogP contribution in [-0.4, -0.2) is 49.4 Å². The number of rotatable bonds is 4. The Balaban J connectivity index is 1.50. The van der Waals surface area contributed by atoms with E-state index in [-0.39, 0.29) is 24.1 Å². The minimum Gasteiger partial charge on any atom is -0.331 e. The predicted octanol–water partition coefficient (Wildman–Crippen LogP) is 1.03. The van der Waals surface area contributed by atoms with Crippen LogP contribution >= 0.6 is 0 Å². The SMILES string of the molecule is C[C@H]1C[C@@H]1C(=O)N1CC[NH+](CC(=O)Nc2ccccc2C(F)(F)F)CC1. The highest BCUT2D eigenvalue weighted by Crippen LogP contribution is 2.39. The molecule has 26 heavy (non-hydrogen) atoms. The molecule has 2 N–H and O–H groups in total. The van der Waals surface area contributed by atoms with E-state index in [0.717, 1.165) is 17.4 Å². The summed E-state index contributed by atoms with van der Waals surface area (Å²) < 4.78 is 38.9. The number of carbonyl (C=O) groups excluding carboxylic acids is 2. The number of amides is 2. The number of alkyl halides is 3. The Labute approximate surface area is 150 Å². The summed E-state index contributed by atoms with van der Waals surface area (Å²) in [4.78, 5) is 27.2. The topological polar surface area (TPSA) is 53.9 Å². The normalized spacial score (nSPS) is 23.6. The molecule has 2 aliphatic rings. The van der Waals surface area contributed by atoms with Crippen molar-refractivity contribution < 1.29 is 27.7 Å². The lowest BCUT2D eigenvalue weighted by molar-refractivity contribution is -0.895. The highest BCUT2D eigenvalue weighted by atomic mass is 19.4. The number of piperazine rings is 1. The molecular formula is C18H23F3N3O2+. The van der Waals surface area contributed by atoms with E-state index in [1.54, 1.807) is 0 Å². The number of halogens is 3. The van der Waals surface area contributed by atoms with Gasteiger partial charge in [0.15, 0.2) is 6.54 Å². The van der Waals surface area contributed by atoms with Gasteiger partial charge in [-0.1, -0.05) is 19.1 Å². The summed E-state index contributed by atoms with van der Waals surface area (Å²) >= 11 is 0. The molecule has 2 atom stereocenters. The zero-order valence-corrected chi connectivity index (χ0v) is 14.6. The minimum absolute atomic E-state index is 0.0913. The summed E-state index contributed by atoms with van der Waals surface area (Å²) in [5.74, 6) is 0.360. The number of carbonyl (C=O) groups is 2. The van der Waals surface area contributed by atoms with Gasteiger partial charge in [-0.05, 0) is 24.5 Å². The molecule has 1 aliphatic carbocycles. The molecule has 2 fully saturated rings. The van der Waals surface area contributed by atoms with Crippen molar-refractivity contribution in [3.05, 3.63) is 29.8 Å². The van der Waals surface area contributed by atoms with Crippen LogP contribution in [0.2, 0.25) is 0 Å². The number of nitrogens with zero attached hydrogens (tertiary/aromatic N) is 1. The molecule has 1 aromatic carbocycles. The Kier molecular flexibility index (Phi) is 5.22. The van der Waals surface area contributed by atoms with E-state index < -0.39 is 17.6 Å². The number of para-hydroxylation sites is 1. The van der Waals surface area contributed by atoms with Crippen molar-refractivity contribution in [2.45, 2.75) is 19.5 Å². The third-order valence-corrected chi connectivity index (χ3v) is 5.13. The van der Waals surface area contributed by atoms with Crippen molar-refractivity contribution in [1.29, 1.82) is 0 Å². The van der Waals surface area contributed by atoms with Crippen molar-refractivity contribution in [3.63, 3.8) is 0 Å². The third kappa shape index (κ3) is 4.35. The Morgan fingerprint density at radius 1 is 1.23 bits per heavy atom. The molecule has 3 rings (SSSR count). The quantitative estimate of drug-likeness (QED) is 0.832. The summed E-state index contributed by atoms with van der Waals surface area (Å²) in [5, 5.41) is 2.37. The number of nitrogens with one attached hydrogen (secondary N) is 2. The van der Waals surface area contributed by atoms with Crippen LogP contribution < -0.4 is 10.2 Å². The van der Waals surface area contributed by atoms with E-state index in [1.165, 1.54) is 18.2 Å². The molecule has 1 heterocycles. The fourth-order valence-electron chi connectivity index (χ4n) is 3.38. The summed E-state index contributed by atoms with van der Waals surface area (Å²) in [6.45, 7) is 4.58. The van der Waals surface area contributed by atoms with E-state index in [4.69, 9.17) is 0 Å². The van der Waals surface area contributed by atoms with Gasteiger partial charge in [-0.25, -0.2) is 0 Å². The average Bonchev–Trinajstić information content (AvgIpc) is 3.31. The maximum absolute atomic E-state index is 13.0. The van der Waals surface area contributed by atoms with Gasteiger partial charge in [0.25, 0.3) is 5.91 Å². The van der Waals surface area contributed by atoms with E-state index in [1.807, 2.05) is 4.90 Å². The van der Waals surface area contributed by atoms with Crippen LogP contribution in [0, 0.1) is 11.8 Å². The van der Waals surface area contributed by atoms with Crippen LogP contribution in [0.25, 0.3) is 0 Å². The lowest BCUT2D eigenvalue weighted by Crippen LogP contribution is -3.15. The maximum atomic E-state index is 13.0. The van der Waals surface area contributed by atoms with Crippen LogP contribution in [0.15, 0.2) is 24.3 Å². The van der Waals surface area contributed by atoms with Gasteiger partial charge in [0.1, 0.15) is 0 Å². The van der Waals surface area contributed by atoms with E-state index in [9.17, 15) is 22.8 Å². The van der Waals surface area contributed by atoms with Crippen LogP contribution in [0.5, 0.6) is 0 Å². The molecule has 0 bridgehead atoms. The molecule has 0 unspecified atom stereocenters. The molecule has 0 aromatic heterocycles. The van der Waals surface area contributed by atoms with E-state index >= 15 is 0 Å². The molecule has 1 saturated heterocycles. The molecular weight excluding hydrogens is 347 g/mol. The van der Waals surface area contributed by atoms with Crippen LogP contribution in [-0.2, 0) is 15.8 Å². The number of benzene rings is 1. The minimum atomic E-state index is -4.51. The number of quaternary nitrogens is 1. The van der Waals surface area contributed by atoms with Gasteiger partial charge < -0.3 is 15.1 Å². The molecule has 5 nitrogen and oxygen atoms in total. The molecule has 0 radical (unpaired) electrons. The Morgan fingerprint density at radius 3 is 2.42 bits per heavy atom. The molecule has 2 amide bonds. The maximum Gasteiger partial charge on any atom is 0.418 e. The predicted molar refractivity (Wildman–Crippen MR) is 89.5 cm³/mol. The molecule has 1 saturated carbocycles. The van der Waals surface area contributed by atoms with Gasteiger partial charge in [0, 0.05) is 5.92 Å². The average molecular weight is 370 g/mol. The largest absolute Gasteiger partial charge is 0.418 e. The van der Waals surface area contributed by atoms with Crippen molar-refractivity contribution in [3.8, 4) is 0 Å². The lowest BCUT2D eigenvalue weighted by Gasteiger charge is -2.32. The molecule has 142 valence electrons. The first-order valence-corrected chi connectivity index (χ1v) is 8.84. The Morgan fingerprint density at radius 2 is 1.85 bits per heavy atom. The third-order valence-electron chi connectivity index (χ3n) is 5.13. The summed E-state index contributed by atoms with van der Waals surface area (Å²) in [6.07, 6.45) is -3.56. The molecule has 1 aliphatic heterocycles. The molecule has 1 aromatic rings. The lowest BCUT2D eigenvalue weighted by atomic mass is 10.1. The first kappa shape index (κ1) is 18.7. The van der Waals surface area contributed by atoms with Crippen LogP contribution in [0.4, 0.5) is 18.9 Å². The summed E-state index contributed by atoms with van der Waals surface area (Å²) in [5.41, 5.74) is -1.07. The van der Waals surface area contributed by atoms with E-state index in [2.05, 4.69) is 12.2 Å². The smallest absolute Gasteiger partial charge is 0.331 e. The van der Waals surface area contributed by atoms with Crippen molar-refractivity contribution >= 4 is 17.5 Å². The van der Waals surface area contributed by atoms with Gasteiger partial charge in [-0.3, -0.25) is 9.59 Å². The zero-order valence-electron chi connectivity index (χ0n) is 14.6.